The molecular weight excluding hydrogens is 314 g/mol. The highest BCUT2D eigenvalue weighted by Crippen LogP contribution is 2.37. The predicted molar refractivity (Wildman–Crippen MR) is 72.2 cm³/mol. The van der Waals surface area contributed by atoms with Crippen LogP contribution in [0.5, 0.6) is 0 Å². The zero-order chi connectivity index (χ0) is 14.2. The number of halogens is 1. The molecule has 0 aliphatic heterocycles. The lowest BCUT2D eigenvalue weighted by molar-refractivity contribution is 0.565. The maximum atomic E-state index is 5.95. The summed E-state index contributed by atoms with van der Waals surface area (Å²) in [5.74, 6) is 0.403. The fraction of sp³-hybridized carbons (Fsp3) is 0.300. The van der Waals surface area contributed by atoms with Crippen LogP contribution >= 0.6 is 23.4 Å². The van der Waals surface area contributed by atoms with E-state index in [1.807, 2.05) is 0 Å². The molecule has 0 radical (unpaired) electrons. The summed E-state index contributed by atoms with van der Waals surface area (Å²) in [6, 6.07) is 0.382. The van der Waals surface area contributed by atoms with Gasteiger partial charge in [0.15, 0.2) is 0 Å². The molecule has 0 amide bonds. The SMILES string of the molecule is Clc1nc(Sc2nnnn2C2CC2)nc(-n2ccnc2)n1. The minimum atomic E-state index is 0.113. The standard InChI is InChI=1S/C10H8ClN9S/c11-7-13-8(19-4-3-12-5-19)15-9(14-7)21-10-16-17-18-20(10)6-1-2-6/h3-6H,1-2H2. The topological polar surface area (TPSA) is 100 Å². The summed E-state index contributed by atoms with van der Waals surface area (Å²) in [6.07, 6.45) is 7.15. The molecule has 0 bridgehead atoms. The molecule has 0 unspecified atom stereocenters. The number of imidazole rings is 1. The maximum absolute atomic E-state index is 5.95. The second-order valence-electron chi connectivity index (χ2n) is 4.40. The van der Waals surface area contributed by atoms with E-state index in [0.717, 1.165) is 12.8 Å². The number of hydrogen-bond acceptors (Lipinski definition) is 8. The van der Waals surface area contributed by atoms with Crippen molar-refractivity contribution in [2.24, 2.45) is 0 Å². The lowest BCUT2D eigenvalue weighted by Crippen LogP contribution is -2.04. The lowest BCUT2D eigenvalue weighted by Gasteiger charge is -2.04. The highest BCUT2D eigenvalue weighted by Gasteiger charge is 2.28. The van der Waals surface area contributed by atoms with Gasteiger partial charge in [-0.1, -0.05) is 0 Å². The molecule has 1 saturated carbocycles. The van der Waals surface area contributed by atoms with Crippen molar-refractivity contribution >= 4 is 23.4 Å². The second kappa shape index (κ2) is 5.04. The molecule has 3 heterocycles. The lowest BCUT2D eigenvalue weighted by atomic mass is 10.7. The van der Waals surface area contributed by atoms with Gasteiger partial charge in [0, 0.05) is 12.4 Å². The molecule has 4 rings (SSSR count). The van der Waals surface area contributed by atoms with Crippen LogP contribution < -0.4 is 0 Å². The first-order chi connectivity index (χ1) is 10.3. The Morgan fingerprint density at radius 1 is 1.24 bits per heavy atom. The highest BCUT2D eigenvalue weighted by atomic mass is 35.5. The number of tetrazole rings is 1. The second-order valence-corrected chi connectivity index (χ2v) is 5.67. The van der Waals surface area contributed by atoms with Gasteiger partial charge in [0.25, 0.3) is 0 Å². The summed E-state index contributed by atoms with van der Waals surface area (Å²) in [7, 11) is 0. The van der Waals surface area contributed by atoms with Gasteiger partial charge in [-0.25, -0.2) is 9.67 Å². The van der Waals surface area contributed by atoms with Gasteiger partial charge in [-0.2, -0.15) is 15.0 Å². The van der Waals surface area contributed by atoms with Crippen molar-refractivity contribution in [3.63, 3.8) is 0 Å². The number of aromatic nitrogens is 9. The van der Waals surface area contributed by atoms with Crippen molar-refractivity contribution in [3.05, 3.63) is 24.0 Å². The van der Waals surface area contributed by atoms with Crippen LogP contribution in [0.4, 0.5) is 0 Å². The van der Waals surface area contributed by atoms with Crippen molar-refractivity contribution in [1.29, 1.82) is 0 Å². The molecule has 106 valence electrons. The maximum Gasteiger partial charge on any atom is 0.240 e. The largest absolute Gasteiger partial charge is 0.274 e. The summed E-state index contributed by atoms with van der Waals surface area (Å²) in [6.45, 7) is 0. The number of hydrogen-bond donors (Lipinski definition) is 0. The van der Waals surface area contributed by atoms with Gasteiger partial charge in [0.05, 0.1) is 6.04 Å². The average molecular weight is 322 g/mol. The van der Waals surface area contributed by atoms with E-state index in [1.165, 1.54) is 11.8 Å². The van der Waals surface area contributed by atoms with Crippen LogP contribution in [-0.2, 0) is 0 Å². The van der Waals surface area contributed by atoms with Crippen LogP contribution in [0.3, 0.4) is 0 Å². The first-order valence-corrected chi connectivity index (χ1v) is 7.34. The van der Waals surface area contributed by atoms with E-state index in [9.17, 15) is 0 Å². The van der Waals surface area contributed by atoms with Crippen LogP contribution in [-0.4, -0.2) is 44.7 Å². The number of rotatable bonds is 4. The number of nitrogens with zero attached hydrogens (tertiary/aromatic N) is 9. The van der Waals surface area contributed by atoms with Crippen LogP contribution in [0.15, 0.2) is 29.0 Å². The summed E-state index contributed by atoms with van der Waals surface area (Å²) in [4.78, 5) is 16.5. The van der Waals surface area contributed by atoms with Crippen molar-refractivity contribution in [2.45, 2.75) is 29.2 Å². The van der Waals surface area contributed by atoms with E-state index in [2.05, 4.69) is 35.5 Å². The third-order valence-corrected chi connectivity index (χ3v) is 3.83. The Bertz CT molecular complexity index is 767. The van der Waals surface area contributed by atoms with Crippen molar-refractivity contribution in [3.8, 4) is 5.95 Å². The molecule has 3 aromatic rings. The van der Waals surface area contributed by atoms with Gasteiger partial charge in [0.1, 0.15) is 6.33 Å². The molecule has 11 heteroatoms. The van der Waals surface area contributed by atoms with Gasteiger partial charge >= 0.3 is 0 Å². The molecule has 0 saturated heterocycles. The zero-order valence-corrected chi connectivity index (χ0v) is 12.1. The van der Waals surface area contributed by atoms with E-state index in [4.69, 9.17) is 11.6 Å². The summed E-state index contributed by atoms with van der Waals surface area (Å²) in [5, 5.41) is 12.9. The summed E-state index contributed by atoms with van der Waals surface area (Å²) >= 11 is 7.22. The van der Waals surface area contributed by atoms with Crippen LogP contribution in [0.25, 0.3) is 5.95 Å². The van der Waals surface area contributed by atoms with E-state index in [1.54, 1.807) is 28.0 Å². The third-order valence-electron chi connectivity index (χ3n) is 2.85. The fourth-order valence-electron chi connectivity index (χ4n) is 1.74. The fourth-order valence-corrected chi connectivity index (χ4v) is 2.73. The molecule has 0 atom stereocenters. The first kappa shape index (κ1) is 12.7. The zero-order valence-electron chi connectivity index (χ0n) is 10.5. The van der Waals surface area contributed by atoms with E-state index >= 15 is 0 Å². The van der Waals surface area contributed by atoms with Crippen molar-refractivity contribution in [2.75, 3.05) is 0 Å². The summed E-state index contributed by atoms with van der Waals surface area (Å²) < 4.78 is 3.45. The molecule has 0 spiro atoms. The molecule has 0 N–H and O–H groups in total. The van der Waals surface area contributed by atoms with Gasteiger partial charge in [-0.15, -0.1) is 5.10 Å². The van der Waals surface area contributed by atoms with Gasteiger partial charge < -0.3 is 0 Å². The molecule has 1 aliphatic rings. The highest BCUT2D eigenvalue weighted by molar-refractivity contribution is 7.99. The monoisotopic (exact) mass is 321 g/mol. The Morgan fingerprint density at radius 3 is 2.90 bits per heavy atom. The Kier molecular flexibility index (Phi) is 3.04. The first-order valence-electron chi connectivity index (χ1n) is 6.15. The normalized spacial score (nSPS) is 14.5. The van der Waals surface area contributed by atoms with E-state index < -0.39 is 0 Å². The smallest absolute Gasteiger partial charge is 0.240 e. The Morgan fingerprint density at radius 2 is 2.14 bits per heavy atom. The molecular formula is C10H8ClN9S. The van der Waals surface area contributed by atoms with Crippen molar-refractivity contribution < 1.29 is 0 Å². The van der Waals surface area contributed by atoms with Gasteiger partial charge in [-0.3, -0.25) is 4.57 Å². The molecule has 21 heavy (non-hydrogen) atoms. The molecule has 3 aromatic heterocycles. The van der Waals surface area contributed by atoms with Crippen LogP contribution in [0.2, 0.25) is 5.28 Å². The minimum absolute atomic E-state index is 0.113. The molecule has 9 nitrogen and oxygen atoms in total. The van der Waals surface area contributed by atoms with Crippen molar-refractivity contribution in [1.82, 2.24) is 44.7 Å². The molecule has 1 fully saturated rings. The van der Waals surface area contributed by atoms with Crippen LogP contribution in [0.1, 0.15) is 18.9 Å². The van der Waals surface area contributed by atoms with E-state index in [0.29, 0.717) is 22.3 Å². The predicted octanol–water partition coefficient (Wildman–Crippen LogP) is 1.18. The van der Waals surface area contributed by atoms with Gasteiger partial charge in [-0.05, 0) is 46.6 Å². The molecule has 1 aliphatic carbocycles. The van der Waals surface area contributed by atoms with E-state index in [-0.39, 0.29) is 5.28 Å². The summed E-state index contributed by atoms with van der Waals surface area (Å²) in [5.41, 5.74) is 0. The quantitative estimate of drug-likeness (QED) is 0.706. The van der Waals surface area contributed by atoms with Crippen LogP contribution in [0, 0.1) is 0 Å². The van der Waals surface area contributed by atoms with Gasteiger partial charge in [0.2, 0.25) is 21.5 Å². The molecule has 0 aromatic carbocycles. The minimum Gasteiger partial charge on any atom is -0.274 e. The third kappa shape index (κ3) is 2.59. The Hall–Kier alpha value is -2.07. The Balaban J connectivity index is 1.67. The Labute approximate surface area is 127 Å². The average Bonchev–Trinajstić information content (AvgIpc) is 2.99.